The monoisotopic (exact) mass is 260 g/mol. The first-order valence-corrected chi connectivity index (χ1v) is 6.52. The van der Waals surface area contributed by atoms with E-state index in [1.807, 2.05) is 6.07 Å². The van der Waals surface area contributed by atoms with Crippen LogP contribution >= 0.6 is 0 Å². The molecule has 0 atom stereocenters. The molecule has 0 spiro atoms. The molecule has 5 heteroatoms. The van der Waals surface area contributed by atoms with E-state index in [1.54, 1.807) is 17.0 Å². The van der Waals surface area contributed by atoms with E-state index in [0.717, 1.165) is 30.8 Å². The van der Waals surface area contributed by atoms with Crippen molar-refractivity contribution >= 4 is 17.6 Å². The lowest BCUT2D eigenvalue weighted by Gasteiger charge is -2.28. The summed E-state index contributed by atoms with van der Waals surface area (Å²) >= 11 is 0. The highest BCUT2D eigenvalue weighted by atomic mass is 16.4. The molecule has 0 aromatic heterocycles. The molecule has 2 aliphatic heterocycles. The second kappa shape index (κ2) is 4.66. The molecule has 1 saturated heterocycles. The topological polar surface area (TPSA) is 69.6 Å². The number of carbonyl (C=O) groups is 2. The summed E-state index contributed by atoms with van der Waals surface area (Å²) in [7, 11) is 0. The van der Waals surface area contributed by atoms with Crippen molar-refractivity contribution in [1.82, 2.24) is 5.32 Å². The lowest BCUT2D eigenvalue weighted by Crippen LogP contribution is -2.45. The number of carboxylic acid groups (broad SMARTS) is 1. The fourth-order valence-corrected chi connectivity index (χ4v) is 2.62. The molecule has 0 saturated carbocycles. The standard InChI is InChI=1S/C14H16N2O3/c17-13(5-9-7-15-8-9)16-4-3-10-1-2-11(14(18)19)6-12(10)16/h1-2,6,9,15H,3-5,7-8H2,(H,18,19). The SMILES string of the molecule is O=C(O)c1ccc2c(c1)N(C(=O)CC1CNC1)CC2. The number of nitrogens with one attached hydrogen (secondary N) is 1. The Bertz CT molecular complexity index is 537. The third kappa shape index (κ3) is 2.21. The van der Waals surface area contributed by atoms with E-state index in [0.29, 0.717) is 18.9 Å². The fourth-order valence-electron chi connectivity index (χ4n) is 2.62. The Kier molecular flexibility index (Phi) is 2.98. The third-order valence-electron chi connectivity index (χ3n) is 3.86. The van der Waals surface area contributed by atoms with Crippen molar-refractivity contribution in [2.45, 2.75) is 12.8 Å². The van der Waals surface area contributed by atoms with Gasteiger partial charge in [0, 0.05) is 18.7 Å². The van der Waals surface area contributed by atoms with E-state index in [4.69, 9.17) is 5.11 Å². The molecule has 1 fully saturated rings. The summed E-state index contributed by atoms with van der Waals surface area (Å²) in [6, 6.07) is 5.03. The molecule has 0 bridgehead atoms. The van der Waals surface area contributed by atoms with Crippen LogP contribution in [0.15, 0.2) is 18.2 Å². The van der Waals surface area contributed by atoms with Crippen LogP contribution in [-0.2, 0) is 11.2 Å². The smallest absolute Gasteiger partial charge is 0.335 e. The predicted molar refractivity (Wildman–Crippen MR) is 70.4 cm³/mol. The van der Waals surface area contributed by atoms with Gasteiger partial charge in [0.1, 0.15) is 0 Å². The molecule has 1 aromatic rings. The molecule has 0 aliphatic carbocycles. The molecular formula is C14H16N2O3. The lowest BCUT2D eigenvalue weighted by molar-refractivity contribution is -0.119. The Morgan fingerprint density at radius 2 is 2.16 bits per heavy atom. The Labute approximate surface area is 111 Å². The minimum absolute atomic E-state index is 0.104. The minimum atomic E-state index is -0.953. The molecule has 2 aliphatic rings. The maximum absolute atomic E-state index is 12.2. The van der Waals surface area contributed by atoms with Crippen LogP contribution < -0.4 is 10.2 Å². The Balaban J connectivity index is 1.81. The first-order chi connectivity index (χ1) is 9.15. The average Bonchev–Trinajstić information content (AvgIpc) is 2.76. The van der Waals surface area contributed by atoms with Gasteiger partial charge in [-0.2, -0.15) is 0 Å². The van der Waals surface area contributed by atoms with E-state index in [1.165, 1.54) is 0 Å². The van der Waals surface area contributed by atoms with Gasteiger partial charge in [-0.25, -0.2) is 4.79 Å². The molecule has 5 nitrogen and oxygen atoms in total. The van der Waals surface area contributed by atoms with Gasteiger partial charge in [0.15, 0.2) is 0 Å². The van der Waals surface area contributed by atoms with E-state index in [2.05, 4.69) is 5.32 Å². The Hall–Kier alpha value is -1.88. The zero-order chi connectivity index (χ0) is 13.4. The molecule has 2 heterocycles. The van der Waals surface area contributed by atoms with E-state index < -0.39 is 5.97 Å². The zero-order valence-corrected chi connectivity index (χ0v) is 10.6. The zero-order valence-electron chi connectivity index (χ0n) is 10.6. The largest absolute Gasteiger partial charge is 0.478 e. The number of fused-ring (bicyclic) bond motifs is 1. The van der Waals surface area contributed by atoms with Crippen molar-refractivity contribution < 1.29 is 14.7 Å². The molecule has 1 amide bonds. The number of rotatable bonds is 3. The molecule has 0 unspecified atom stereocenters. The molecular weight excluding hydrogens is 244 g/mol. The van der Waals surface area contributed by atoms with Crippen LogP contribution in [0.3, 0.4) is 0 Å². The number of carbonyl (C=O) groups excluding carboxylic acids is 1. The van der Waals surface area contributed by atoms with Crippen LogP contribution in [0.1, 0.15) is 22.3 Å². The van der Waals surface area contributed by atoms with Crippen molar-refractivity contribution in [2.24, 2.45) is 5.92 Å². The molecule has 2 N–H and O–H groups in total. The summed E-state index contributed by atoms with van der Waals surface area (Å²) in [5, 5.41) is 12.2. The highest BCUT2D eigenvalue weighted by molar-refractivity contribution is 5.98. The Morgan fingerprint density at radius 3 is 2.79 bits per heavy atom. The molecule has 1 aromatic carbocycles. The molecule has 3 rings (SSSR count). The fraction of sp³-hybridized carbons (Fsp3) is 0.429. The van der Waals surface area contributed by atoms with Gasteiger partial charge < -0.3 is 15.3 Å². The van der Waals surface area contributed by atoms with Crippen molar-refractivity contribution in [2.75, 3.05) is 24.5 Å². The second-order valence-electron chi connectivity index (χ2n) is 5.17. The number of amides is 1. The quantitative estimate of drug-likeness (QED) is 0.846. The molecule has 0 radical (unpaired) electrons. The number of carboxylic acids is 1. The van der Waals surface area contributed by atoms with Crippen molar-refractivity contribution in [3.8, 4) is 0 Å². The number of hydrogen-bond acceptors (Lipinski definition) is 3. The van der Waals surface area contributed by atoms with Crippen LogP contribution in [0, 0.1) is 5.92 Å². The lowest BCUT2D eigenvalue weighted by atomic mass is 9.98. The van der Waals surface area contributed by atoms with Gasteiger partial charge in [0.25, 0.3) is 0 Å². The summed E-state index contributed by atoms with van der Waals surface area (Å²) in [5.74, 6) is -0.419. The number of nitrogens with zero attached hydrogens (tertiary/aromatic N) is 1. The highest BCUT2D eigenvalue weighted by Gasteiger charge is 2.29. The van der Waals surface area contributed by atoms with Gasteiger partial charge in [-0.3, -0.25) is 4.79 Å². The van der Waals surface area contributed by atoms with E-state index >= 15 is 0 Å². The number of anilines is 1. The van der Waals surface area contributed by atoms with Crippen LogP contribution in [0.4, 0.5) is 5.69 Å². The van der Waals surface area contributed by atoms with Gasteiger partial charge in [0.2, 0.25) is 5.91 Å². The number of benzene rings is 1. The summed E-state index contributed by atoms with van der Waals surface area (Å²) in [5.41, 5.74) is 2.08. The van der Waals surface area contributed by atoms with Crippen LogP contribution in [0.25, 0.3) is 0 Å². The first-order valence-electron chi connectivity index (χ1n) is 6.52. The summed E-state index contributed by atoms with van der Waals surface area (Å²) in [6.07, 6.45) is 1.35. The third-order valence-corrected chi connectivity index (χ3v) is 3.86. The van der Waals surface area contributed by atoms with Crippen molar-refractivity contribution in [1.29, 1.82) is 0 Å². The molecule has 19 heavy (non-hydrogen) atoms. The van der Waals surface area contributed by atoms with Gasteiger partial charge in [-0.1, -0.05) is 6.07 Å². The van der Waals surface area contributed by atoms with Crippen molar-refractivity contribution in [3.63, 3.8) is 0 Å². The maximum Gasteiger partial charge on any atom is 0.335 e. The van der Waals surface area contributed by atoms with Gasteiger partial charge >= 0.3 is 5.97 Å². The predicted octanol–water partition coefficient (Wildman–Crippen LogP) is 0.883. The average molecular weight is 260 g/mol. The van der Waals surface area contributed by atoms with Gasteiger partial charge in [0.05, 0.1) is 5.56 Å². The van der Waals surface area contributed by atoms with Crippen LogP contribution in [0.2, 0.25) is 0 Å². The Morgan fingerprint density at radius 1 is 1.37 bits per heavy atom. The van der Waals surface area contributed by atoms with Gasteiger partial charge in [-0.15, -0.1) is 0 Å². The number of aromatic carboxylic acids is 1. The maximum atomic E-state index is 12.2. The van der Waals surface area contributed by atoms with Crippen LogP contribution in [-0.4, -0.2) is 36.6 Å². The second-order valence-corrected chi connectivity index (χ2v) is 5.17. The first kappa shape index (κ1) is 12.2. The highest BCUT2D eigenvalue weighted by Crippen LogP contribution is 2.30. The summed E-state index contributed by atoms with van der Waals surface area (Å²) < 4.78 is 0. The minimum Gasteiger partial charge on any atom is -0.478 e. The van der Waals surface area contributed by atoms with E-state index in [-0.39, 0.29) is 11.5 Å². The molecule has 100 valence electrons. The normalized spacial score (nSPS) is 18.0. The van der Waals surface area contributed by atoms with Crippen LogP contribution in [0.5, 0.6) is 0 Å². The van der Waals surface area contributed by atoms with Gasteiger partial charge in [-0.05, 0) is 43.1 Å². The summed E-state index contributed by atoms with van der Waals surface area (Å²) in [6.45, 7) is 2.47. The van der Waals surface area contributed by atoms with E-state index in [9.17, 15) is 9.59 Å². The number of hydrogen-bond donors (Lipinski definition) is 2. The van der Waals surface area contributed by atoms with Crippen molar-refractivity contribution in [3.05, 3.63) is 29.3 Å². The summed E-state index contributed by atoms with van der Waals surface area (Å²) in [4.78, 5) is 25.0.